The predicted molar refractivity (Wildman–Crippen MR) is 87.1 cm³/mol. The Kier molecular flexibility index (Phi) is 6.33. The van der Waals surface area contributed by atoms with Crippen LogP contribution < -0.4 is 14.8 Å². The van der Waals surface area contributed by atoms with Crippen molar-refractivity contribution >= 4 is 15.9 Å². The van der Waals surface area contributed by atoms with Crippen molar-refractivity contribution in [3.8, 4) is 11.5 Å². The van der Waals surface area contributed by atoms with E-state index in [1.807, 2.05) is 13.8 Å². The fourth-order valence-corrected chi connectivity index (χ4v) is 2.55. The summed E-state index contributed by atoms with van der Waals surface area (Å²) in [4.78, 5) is 0. The molecule has 0 aromatic heterocycles. The van der Waals surface area contributed by atoms with Gasteiger partial charge in [0, 0.05) is 19.7 Å². The van der Waals surface area contributed by atoms with Crippen molar-refractivity contribution in [3.63, 3.8) is 0 Å². The van der Waals surface area contributed by atoms with Crippen molar-refractivity contribution in [2.45, 2.75) is 45.4 Å². The summed E-state index contributed by atoms with van der Waals surface area (Å²) in [6, 6.07) is 4.83. The first-order valence-electron chi connectivity index (χ1n) is 7.48. The average Bonchev–Trinajstić information content (AvgIpc) is 3.28. The lowest BCUT2D eigenvalue weighted by Crippen LogP contribution is -2.17. The summed E-state index contributed by atoms with van der Waals surface area (Å²) in [7, 11) is 1.68. The van der Waals surface area contributed by atoms with Crippen molar-refractivity contribution in [3.05, 3.63) is 22.2 Å². The van der Waals surface area contributed by atoms with E-state index in [0.29, 0.717) is 19.3 Å². The summed E-state index contributed by atoms with van der Waals surface area (Å²) in [6.07, 6.45) is 2.62. The van der Waals surface area contributed by atoms with Crippen molar-refractivity contribution in [1.29, 1.82) is 0 Å². The molecule has 1 aliphatic carbocycles. The highest BCUT2D eigenvalue weighted by molar-refractivity contribution is 9.10. The van der Waals surface area contributed by atoms with Gasteiger partial charge in [0.1, 0.15) is 6.61 Å². The van der Waals surface area contributed by atoms with Crippen LogP contribution in [0.2, 0.25) is 0 Å². The van der Waals surface area contributed by atoms with E-state index in [1.165, 1.54) is 18.4 Å². The molecule has 1 saturated carbocycles. The molecule has 1 unspecified atom stereocenters. The summed E-state index contributed by atoms with van der Waals surface area (Å²) < 4.78 is 17.7. The topological polar surface area (TPSA) is 39.7 Å². The highest BCUT2D eigenvalue weighted by Crippen LogP contribution is 2.37. The third-order valence-corrected chi connectivity index (χ3v) is 4.00. The monoisotopic (exact) mass is 357 g/mol. The van der Waals surface area contributed by atoms with Crippen LogP contribution in [0, 0.1) is 0 Å². The summed E-state index contributed by atoms with van der Waals surface area (Å²) in [5.41, 5.74) is 1.20. The Morgan fingerprint density at radius 3 is 2.71 bits per heavy atom. The molecule has 2 rings (SSSR count). The van der Waals surface area contributed by atoms with E-state index >= 15 is 0 Å². The normalized spacial score (nSPS) is 15.8. The standard InChI is InChI=1S/C16H24BrNO3/c1-4-20-15-8-12(9-18-13-5-6-13)7-14(17)16(15)21-10-11(2)19-3/h7-8,11,13,18H,4-6,9-10H2,1-3H3. The second-order valence-electron chi connectivity index (χ2n) is 5.35. The molecule has 0 spiro atoms. The largest absolute Gasteiger partial charge is 0.490 e. The van der Waals surface area contributed by atoms with Gasteiger partial charge in [0.2, 0.25) is 0 Å². The van der Waals surface area contributed by atoms with Crippen molar-refractivity contribution < 1.29 is 14.2 Å². The van der Waals surface area contributed by atoms with Gasteiger partial charge in [0.15, 0.2) is 11.5 Å². The van der Waals surface area contributed by atoms with Crippen LogP contribution in [0.5, 0.6) is 11.5 Å². The molecule has 1 aromatic rings. The Balaban J connectivity index is 2.09. The lowest BCUT2D eigenvalue weighted by molar-refractivity contribution is 0.0700. The number of rotatable bonds is 9. The van der Waals surface area contributed by atoms with Gasteiger partial charge in [-0.3, -0.25) is 0 Å². The lowest BCUT2D eigenvalue weighted by atomic mass is 10.2. The van der Waals surface area contributed by atoms with Crippen LogP contribution in [0.15, 0.2) is 16.6 Å². The van der Waals surface area contributed by atoms with E-state index in [1.54, 1.807) is 7.11 Å². The van der Waals surface area contributed by atoms with Crippen LogP contribution in [0.25, 0.3) is 0 Å². The smallest absolute Gasteiger partial charge is 0.175 e. The zero-order valence-corrected chi connectivity index (χ0v) is 14.5. The number of ether oxygens (including phenoxy) is 3. The number of methoxy groups -OCH3 is 1. The van der Waals surface area contributed by atoms with Crippen molar-refractivity contribution in [1.82, 2.24) is 5.32 Å². The van der Waals surface area contributed by atoms with Gasteiger partial charge in [-0.1, -0.05) is 0 Å². The molecule has 0 heterocycles. The van der Waals surface area contributed by atoms with E-state index in [0.717, 1.165) is 22.5 Å². The van der Waals surface area contributed by atoms with Gasteiger partial charge >= 0.3 is 0 Å². The van der Waals surface area contributed by atoms with Gasteiger partial charge in [0.05, 0.1) is 17.2 Å². The fourth-order valence-electron chi connectivity index (χ4n) is 1.94. The number of halogens is 1. The van der Waals surface area contributed by atoms with Crippen LogP contribution in [-0.2, 0) is 11.3 Å². The maximum Gasteiger partial charge on any atom is 0.175 e. The second-order valence-corrected chi connectivity index (χ2v) is 6.20. The molecule has 1 N–H and O–H groups in total. The average molecular weight is 358 g/mol. The number of hydrogen-bond donors (Lipinski definition) is 1. The van der Waals surface area contributed by atoms with Crippen LogP contribution in [-0.4, -0.2) is 32.5 Å². The lowest BCUT2D eigenvalue weighted by Gasteiger charge is -2.17. The van der Waals surface area contributed by atoms with E-state index in [4.69, 9.17) is 14.2 Å². The molecule has 1 aromatic carbocycles. The summed E-state index contributed by atoms with van der Waals surface area (Å²) >= 11 is 3.59. The first-order valence-corrected chi connectivity index (χ1v) is 8.27. The Bertz CT molecular complexity index is 463. The molecular weight excluding hydrogens is 334 g/mol. The minimum atomic E-state index is 0.0441. The van der Waals surface area contributed by atoms with Gasteiger partial charge < -0.3 is 19.5 Å². The molecule has 0 radical (unpaired) electrons. The number of benzene rings is 1. The Labute approximate surface area is 135 Å². The number of nitrogens with one attached hydrogen (secondary N) is 1. The zero-order valence-electron chi connectivity index (χ0n) is 12.9. The molecule has 21 heavy (non-hydrogen) atoms. The fraction of sp³-hybridized carbons (Fsp3) is 0.625. The summed E-state index contributed by atoms with van der Waals surface area (Å²) in [6.45, 7) is 5.92. The van der Waals surface area contributed by atoms with Crippen LogP contribution in [0.3, 0.4) is 0 Å². The van der Waals surface area contributed by atoms with Crippen LogP contribution >= 0.6 is 15.9 Å². The van der Waals surface area contributed by atoms with Crippen LogP contribution in [0.1, 0.15) is 32.3 Å². The van der Waals surface area contributed by atoms with E-state index in [-0.39, 0.29) is 6.10 Å². The molecule has 1 fully saturated rings. The zero-order chi connectivity index (χ0) is 15.2. The molecular formula is C16H24BrNO3. The van der Waals surface area contributed by atoms with E-state index in [9.17, 15) is 0 Å². The number of hydrogen-bond acceptors (Lipinski definition) is 4. The van der Waals surface area contributed by atoms with Gasteiger partial charge in [-0.15, -0.1) is 0 Å². The van der Waals surface area contributed by atoms with Crippen molar-refractivity contribution in [2.75, 3.05) is 20.3 Å². The molecule has 1 atom stereocenters. The molecule has 0 saturated heterocycles. The van der Waals surface area contributed by atoms with Gasteiger partial charge in [-0.05, 0) is 60.3 Å². The van der Waals surface area contributed by atoms with Crippen LogP contribution in [0.4, 0.5) is 0 Å². The summed E-state index contributed by atoms with van der Waals surface area (Å²) in [5, 5.41) is 3.51. The van der Waals surface area contributed by atoms with Gasteiger partial charge in [0.25, 0.3) is 0 Å². The second kappa shape index (κ2) is 8.01. The maximum absolute atomic E-state index is 5.85. The minimum Gasteiger partial charge on any atom is -0.490 e. The quantitative estimate of drug-likeness (QED) is 0.733. The third kappa shape index (κ3) is 5.16. The Hall–Kier alpha value is -0.780. The predicted octanol–water partition coefficient (Wildman–Crippen LogP) is 3.51. The maximum atomic E-state index is 5.85. The van der Waals surface area contributed by atoms with Gasteiger partial charge in [-0.2, -0.15) is 0 Å². The first kappa shape index (κ1) is 16.6. The molecule has 0 aliphatic heterocycles. The van der Waals surface area contributed by atoms with Gasteiger partial charge in [-0.25, -0.2) is 0 Å². The van der Waals surface area contributed by atoms with E-state index < -0.39 is 0 Å². The molecule has 0 amide bonds. The molecule has 1 aliphatic rings. The summed E-state index contributed by atoms with van der Waals surface area (Å²) in [5.74, 6) is 1.53. The highest BCUT2D eigenvalue weighted by Gasteiger charge is 2.21. The molecule has 0 bridgehead atoms. The Morgan fingerprint density at radius 2 is 2.10 bits per heavy atom. The molecule has 118 valence electrons. The van der Waals surface area contributed by atoms with E-state index in [2.05, 4.69) is 33.4 Å². The molecule has 5 heteroatoms. The SMILES string of the molecule is CCOc1cc(CNC2CC2)cc(Br)c1OCC(C)OC. The third-order valence-electron chi connectivity index (χ3n) is 3.41. The minimum absolute atomic E-state index is 0.0441. The Morgan fingerprint density at radius 1 is 1.33 bits per heavy atom. The first-order chi connectivity index (χ1) is 10.1. The van der Waals surface area contributed by atoms with Crippen molar-refractivity contribution in [2.24, 2.45) is 0 Å². The highest BCUT2D eigenvalue weighted by atomic mass is 79.9. The molecule has 4 nitrogen and oxygen atoms in total.